The Balaban J connectivity index is 1.63. The summed E-state index contributed by atoms with van der Waals surface area (Å²) in [6.45, 7) is 3.23. The smallest absolute Gasteiger partial charge is 0.252 e. The van der Waals surface area contributed by atoms with Gasteiger partial charge in [-0.3, -0.25) is 14.5 Å². The van der Waals surface area contributed by atoms with E-state index in [0.717, 1.165) is 35.1 Å². The molecule has 1 N–H and O–H groups in total. The van der Waals surface area contributed by atoms with Crippen molar-refractivity contribution in [3.05, 3.63) is 59.5 Å². The van der Waals surface area contributed by atoms with E-state index in [2.05, 4.69) is 29.4 Å². The van der Waals surface area contributed by atoms with Crippen LogP contribution in [-0.2, 0) is 6.54 Å². The van der Waals surface area contributed by atoms with Crippen LogP contribution in [0.1, 0.15) is 47.4 Å². The number of carbonyl (C=O) groups is 1. The fraction of sp³-hybridized carbons (Fsp3) is 0.435. The van der Waals surface area contributed by atoms with E-state index >= 15 is 0 Å². The number of benzene rings is 1. The second-order valence-corrected chi connectivity index (χ2v) is 8.32. The molecule has 0 radical (unpaired) electrons. The molecule has 1 amide bonds. The Hall–Kier alpha value is -2.73. The molecule has 1 fully saturated rings. The van der Waals surface area contributed by atoms with Gasteiger partial charge in [-0.25, -0.2) is 0 Å². The zero-order valence-electron chi connectivity index (χ0n) is 17.5. The molecule has 1 aliphatic rings. The highest BCUT2D eigenvalue weighted by Gasteiger charge is 2.36. The fourth-order valence-corrected chi connectivity index (χ4v) is 4.37. The van der Waals surface area contributed by atoms with Crippen LogP contribution in [0.2, 0.25) is 0 Å². The molecule has 6 heteroatoms. The molecule has 0 bridgehead atoms. The van der Waals surface area contributed by atoms with Gasteiger partial charge in [-0.05, 0) is 52.1 Å². The molecule has 0 atom stereocenters. The second-order valence-electron chi connectivity index (χ2n) is 8.32. The summed E-state index contributed by atoms with van der Waals surface area (Å²) in [6, 6.07) is 11.7. The summed E-state index contributed by atoms with van der Waals surface area (Å²) < 4.78 is 1.90. The van der Waals surface area contributed by atoms with Crippen LogP contribution in [0.25, 0.3) is 10.9 Å². The van der Waals surface area contributed by atoms with E-state index in [9.17, 15) is 4.79 Å². The maximum atomic E-state index is 13.2. The van der Waals surface area contributed by atoms with Crippen LogP contribution in [0, 0.1) is 6.92 Å². The first kappa shape index (κ1) is 19.6. The summed E-state index contributed by atoms with van der Waals surface area (Å²) in [6.07, 6.45) is 6.48. The van der Waals surface area contributed by atoms with Crippen molar-refractivity contribution in [2.45, 2.75) is 44.7 Å². The molecule has 2 aromatic heterocycles. The molecule has 29 heavy (non-hydrogen) atoms. The van der Waals surface area contributed by atoms with Gasteiger partial charge in [0.15, 0.2) is 0 Å². The number of hydrogen-bond donors (Lipinski definition) is 1. The lowest BCUT2D eigenvalue weighted by atomic mass is 9.95. The minimum atomic E-state index is -0.0323. The van der Waals surface area contributed by atoms with Gasteiger partial charge in [0, 0.05) is 29.4 Å². The Labute approximate surface area is 171 Å². The summed E-state index contributed by atoms with van der Waals surface area (Å²) in [4.78, 5) is 20.3. The molecule has 1 aromatic carbocycles. The van der Waals surface area contributed by atoms with Crippen molar-refractivity contribution in [1.82, 2.24) is 25.0 Å². The molecule has 1 aliphatic carbocycles. The molecule has 4 rings (SSSR count). The highest BCUT2D eigenvalue weighted by atomic mass is 16.1. The number of pyridine rings is 1. The Morgan fingerprint density at radius 1 is 1.21 bits per heavy atom. The summed E-state index contributed by atoms with van der Waals surface area (Å²) >= 11 is 0. The molecule has 152 valence electrons. The summed E-state index contributed by atoms with van der Waals surface area (Å²) in [5.41, 5.74) is 3.49. The normalized spacial score (nSPS) is 15.9. The first-order valence-corrected chi connectivity index (χ1v) is 10.3. The van der Waals surface area contributed by atoms with E-state index in [-0.39, 0.29) is 11.4 Å². The van der Waals surface area contributed by atoms with Gasteiger partial charge in [-0.15, -0.1) is 0 Å². The minimum absolute atomic E-state index is 0.0323. The van der Waals surface area contributed by atoms with E-state index in [1.165, 1.54) is 12.8 Å². The van der Waals surface area contributed by atoms with Crippen molar-refractivity contribution < 1.29 is 4.79 Å². The molecule has 0 aliphatic heterocycles. The Bertz CT molecular complexity index is 1020. The second kappa shape index (κ2) is 7.95. The van der Waals surface area contributed by atoms with Crippen LogP contribution in [0.15, 0.2) is 42.6 Å². The van der Waals surface area contributed by atoms with Crippen LogP contribution in [0.4, 0.5) is 0 Å². The average Bonchev–Trinajstić information content (AvgIpc) is 3.36. The van der Waals surface area contributed by atoms with Gasteiger partial charge in [0.2, 0.25) is 0 Å². The van der Waals surface area contributed by atoms with E-state index in [1.807, 2.05) is 48.0 Å². The minimum Gasteiger partial charge on any atom is -0.350 e. The SMILES string of the molecule is Cc1ccnn1Cc1cc(C(=O)NCC2(N(C)C)CCCC2)c2ccccc2n1. The maximum Gasteiger partial charge on any atom is 0.252 e. The zero-order chi connectivity index (χ0) is 20.4. The molecule has 0 spiro atoms. The average molecular weight is 392 g/mol. The van der Waals surface area contributed by atoms with Crippen LogP contribution in [0.5, 0.6) is 0 Å². The van der Waals surface area contributed by atoms with Gasteiger partial charge in [0.05, 0.1) is 23.3 Å². The number of rotatable bonds is 6. The van der Waals surface area contributed by atoms with Crippen molar-refractivity contribution in [2.24, 2.45) is 0 Å². The number of likely N-dealkylation sites (N-methyl/N-ethyl adjacent to an activating group) is 1. The number of nitrogens with zero attached hydrogens (tertiary/aromatic N) is 4. The number of carbonyl (C=O) groups excluding carboxylic acids is 1. The van der Waals surface area contributed by atoms with Gasteiger partial charge in [-0.1, -0.05) is 31.0 Å². The third-order valence-electron chi connectivity index (χ3n) is 6.32. The van der Waals surface area contributed by atoms with Crippen LogP contribution in [0.3, 0.4) is 0 Å². The lowest BCUT2D eigenvalue weighted by molar-refractivity contribution is 0.0901. The monoisotopic (exact) mass is 391 g/mol. The quantitative estimate of drug-likeness (QED) is 0.700. The third kappa shape index (κ3) is 3.90. The molecule has 0 saturated heterocycles. The fourth-order valence-electron chi connectivity index (χ4n) is 4.37. The molecule has 1 saturated carbocycles. The van der Waals surface area contributed by atoms with Gasteiger partial charge in [0.1, 0.15) is 0 Å². The number of nitrogens with one attached hydrogen (secondary N) is 1. The van der Waals surface area contributed by atoms with Crippen LogP contribution < -0.4 is 5.32 Å². The van der Waals surface area contributed by atoms with E-state index in [0.29, 0.717) is 18.7 Å². The lowest BCUT2D eigenvalue weighted by Gasteiger charge is -2.36. The number of amides is 1. The molecule has 3 aromatic rings. The zero-order valence-corrected chi connectivity index (χ0v) is 17.5. The number of para-hydroxylation sites is 1. The first-order valence-electron chi connectivity index (χ1n) is 10.3. The Morgan fingerprint density at radius 2 is 1.97 bits per heavy atom. The molecular weight excluding hydrogens is 362 g/mol. The third-order valence-corrected chi connectivity index (χ3v) is 6.32. The van der Waals surface area contributed by atoms with Crippen molar-refractivity contribution in [1.29, 1.82) is 0 Å². The van der Waals surface area contributed by atoms with Crippen LogP contribution in [-0.4, -0.2) is 51.8 Å². The summed E-state index contributed by atoms with van der Waals surface area (Å²) in [5, 5.41) is 8.46. The highest BCUT2D eigenvalue weighted by molar-refractivity contribution is 6.06. The van der Waals surface area contributed by atoms with Crippen LogP contribution >= 0.6 is 0 Å². The Kier molecular flexibility index (Phi) is 5.37. The predicted molar refractivity (Wildman–Crippen MR) is 115 cm³/mol. The molecule has 6 nitrogen and oxygen atoms in total. The van der Waals surface area contributed by atoms with Crippen molar-refractivity contribution >= 4 is 16.8 Å². The molecule has 2 heterocycles. The van der Waals surface area contributed by atoms with Gasteiger partial charge in [-0.2, -0.15) is 5.10 Å². The van der Waals surface area contributed by atoms with E-state index < -0.39 is 0 Å². The summed E-state index contributed by atoms with van der Waals surface area (Å²) in [7, 11) is 4.23. The first-order chi connectivity index (χ1) is 14.0. The highest BCUT2D eigenvalue weighted by Crippen LogP contribution is 2.33. The van der Waals surface area contributed by atoms with Gasteiger partial charge < -0.3 is 10.2 Å². The van der Waals surface area contributed by atoms with Crippen molar-refractivity contribution in [2.75, 3.05) is 20.6 Å². The van der Waals surface area contributed by atoms with Crippen molar-refractivity contribution in [3.63, 3.8) is 0 Å². The number of hydrogen-bond acceptors (Lipinski definition) is 4. The molecular formula is C23H29N5O. The summed E-state index contributed by atoms with van der Waals surface area (Å²) in [5.74, 6) is -0.0323. The number of aryl methyl sites for hydroxylation is 1. The lowest BCUT2D eigenvalue weighted by Crippen LogP contribution is -2.50. The number of aromatic nitrogens is 3. The Morgan fingerprint density at radius 3 is 2.66 bits per heavy atom. The molecule has 0 unspecified atom stereocenters. The largest absolute Gasteiger partial charge is 0.350 e. The van der Waals surface area contributed by atoms with E-state index in [1.54, 1.807) is 6.20 Å². The van der Waals surface area contributed by atoms with Crippen molar-refractivity contribution in [3.8, 4) is 0 Å². The van der Waals surface area contributed by atoms with E-state index in [4.69, 9.17) is 4.98 Å². The number of fused-ring (bicyclic) bond motifs is 1. The van der Waals surface area contributed by atoms with Gasteiger partial charge in [0.25, 0.3) is 5.91 Å². The van der Waals surface area contributed by atoms with Gasteiger partial charge >= 0.3 is 0 Å². The topological polar surface area (TPSA) is 63.1 Å². The predicted octanol–water partition coefficient (Wildman–Crippen LogP) is 3.39. The standard InChI is InChI=1S/C23H29N5O/c1-17-10-13-25-28(17)15-18-14-20(19-8-4-5-9-21(19)26-18)22(29)24-16-23(27(2)3)11-6-7-12-23/h4-5,8-10,13-14H,6-7,11-12,15-16H2,1-3H3,(H,24,29). The maximum absolute atomic E-state index is 13.2.